The fourth-order valence-corrected chi connectivity index (χ4v) is 5.36. The van der Waals surface area contributed by atoms with E-state index in [1.165, 1.54) is 11.3 Å². The van der Waals surface area contributed by atoms with Crippen LogP contribution < -0.4 is 11.1 Å². The number of rotatable bonds is 3. The molecular weight excluding hydrogens is 384 g/mol. The van der Waals surface area contributed by atoms with Crippen molar-refractivity contribution in [2.75, 3.05) is 5.32 Å². The van der Waals surface area contributed by atoms with Gasteiger partial charge in [0.05, 0.1) is 5.56 Å². The van der Waals surface area contributed by atoms with Gasteiger partial charge < -0.3 is 15.5 Å². The van der Waals surface area contributed by atoms with Crippen LogP contribution in [0.25, 0.3) is 5.65 Å². The number of carbonyl (C=O) groups excluding carboxylic acids is 2. The van der Waals surface area contributed by atoms with Gasteiger partial charge in [0.1, 0.15) is 16.3 Å². The molecule has 3 aromatic rings. The lowest BCUT2D eigenvalue weighted by Crippen LogP contribution is -2.27. The van der Waals surface area contributed by atoms with Gasteiger partial charge in [0, 0.05) is 17.3 Å². The van der Waals surface area contributed by atoms with Crippen molar-refractivity contribution < 1.29 is 9.59 Å². The van der Waals surface area contributed by atoms with Crippen LogP contribution in [0, 0.1) is 18.3 Å². The van der Waals surface area contributed by atoms with Crippen molar-refractivity contribution in [1.29, 1.82) is 0 Å². The Bertz CT molecular complexity index is 1120. The monoisotopic (exact) mass is 410 g/mol. The number of carbonyl (C=O) groups is 2. The molecule has 1 unspecified atom stereocenters. The maximum absolute atomic E-state index is 12.8. The van der Waals surface area contributed by atoms with E-state index in [0.29, 0.717) is 27.8 Å². The highest BCUT2D eigenvalue weighted by atomic mass is 32.1. The maximum atomic E-state index is 12.8. The number of amides is 2. The minimum absolute atomic E-state index is 0.201. The Balaban J connectivity index is 1.65. The number of nitrogens with zero attached hydrogens (tertiary/aromatic N) is 2. The number of nitrogens with two attached hydrogens (primary N) is 1. The molecule has 0 radical (unpaired) electrons. The second-order valence-corrected chi connectivity index (χ2v) is 10.0. The first kappa shape index (κ1) is 19.6. The van der Waals surface area contributed by atoms with Crippen molar-refractivity contribution in [1.82, 2.24) is 9.38 Å². The van der Waals surface area contributed by atoms with Gasteiger partial charge in [-0.1, -0.05) is 20.8 Å². The topological polar surface area (TPSA) is 89.5 Å². The normalized spacial score (nSPS) is 16.6. The third-order valence-electron chi connectivity index (χ3n) is 5.81. The summed E-state index contributed by atoms with van der Waals surface area (Å²) in [5, 5.41) is 3.43. The first-order chi connectivity index (χ1) is 13.6. The zero-order chi connectivity index (χ0) is 20.9. The maximum Gasteiger partial charge on any atom is 0.276 e. The second kappa shape index (κ2) is 6.99. The smallest absolute Gasteiger partial charge is 0.276 e. The SMILES string of the molecule is Cc1ccn2cc(C(=O)Nc3sc4c(c3C(N)=O)CCC(C(C)(C)C)C4)nc2c1. The summed E-state index contributed by atoms with van der Waals surface area (Å²) < 4.78 is 1.81. The highest BCUT2D eigenvalue weighted by Crippen LogP contribution is 2.44. The molecule has 0 aromatic carbocycles. The molecule has 6 nitrogen and oxygen atoms in total. The molecule has 0 spiro atoms. The van der Waals surface area contributed by atoms with Crippen LogP contribution in [0.3, 0.4) is 0 Å². The van der Waals surface area contributed by atoms with Crippen molar-refractivity contribution in [3.63, 3.8) is 0 Å². The molecule has 1 aliphatic rings. The Morgan fingerprint density at radius 2 is 2.10 bits per heavy atom. The van der Waals surface area contributed by atoms with Crippen LogP contribution in [0.4, 0.5) is 5.00 Å². The number of nitrogens with one attached hydrogen (secondary N) is 1. The van der Waals surface area contributed by atoms with Gasteiger partial charge in [0.25, 0.3) is 11.8 Å². The van der Waals surface area contributed by atoms with Crippen LogP contribution >= 0.6 is 11.3 Å². The number of imidazole rings is 1. The summed E-state index contributed by atoms with van der Waals surface area (Å²) in [4.78, 5) is 30.6. The zero-order valence-corrected chi connectivity index (χ0v) is 18.0. The highest BCUT2D eigenvalue weighted by molar-refractivity contribution is 7.17. The lowest BCUT2D eigenvalue weighted by atomic mass is 9.72. The summed E-state index contributed by atoms with van der Waals surface area (Å²) in [6.07, 6.45) is 6.31. The first-order valence-electron chi connectivity index (χ1n) is 9.84. The number of aromatic nitrogens is 2. The van der Waals surface area contributed by atoms with Gasteiger partial charge in [-0.05, 0) is 60.8 Å². The predicted molar refractivity (Wildman–Crippen MR) is 116 cm³/mol. The predicted octanol–water partition coefficient (Wildman–Crippen LogP) is 4.21. The molecule has 29 heavy (non-hydrogen) atoms. The molecule has 1 aliphatic carbocycles. The van der Waals surface area contributed by atoms with Crippen LogP contribution in [0.2, 0.25) is 0 Å². The van der Waals surface area contributed by atoms with Gasteiger partial charge in [-0.15, -0.1) is 11.3 Å². The summed E-state index contributed by atoms with van der Waals surface area (Å²) >= 11 is 1.48. The third kappa shape index (κ3) is 3.67. The Morgan fingerprint density at radius 3 is 2.79 bits per heavy atom. The molecule has 3 aromatic heterocycles. The molecule has 0 aliphatic heterocycles. The van der Waals surface area contributed by atoms with Crippen molar-refractivity contribution >= 4 is 33.8 Å². The average Bonchev–Trinajstić information content (AvgIpc) is 3.20. The number of aryl methyl sites for hydroxylation is 1. The molecule has 3 N–H and O–H groups in total. The molecule has 0 fully saturated rings. The Labute approximate surface area is 174 Å². The Morgan fingerprint density at radius 1 is 1.34 bits per heavy atom. The average molecular weight is 411 g/mol. The van der Waals surface area contributed by atoms with E-state index in [2.05, 4.69) is 31.1 Å². The molecule has 0 saturated heterocycles. The van der Waals surface area contributed by atoms with E-state index >= 15 is 0 Å². The molecule has 1 atom stereocenters. The van der Waals surface area contributed by atoms with Crippen molar-refractivity contribution in [3.8, 4) is 0 Å². The van der Waals surface area contributed by atoms with Gasteiger partial charge in [-0.3, -0.25) is 9.59 Å². The van der Waals surface area contributed by atoms with Gasteiger partial charge in [-0.2, -0.15) is 0 Å². The Kier molecular flexibility index (Phi) is 4.73. The second-order valence-electron chi connectivity index (χ2n) is 8.93. The molecule has 0 bridgehead atoms. The number of hydrogen-bond donors (Lipinski definition) is 2. The molecule has 4 rings (SSSR count). The lowest BCUT2D eigenvalue weighted by molar-refractivity contribution is 0.1000. The van der Waals surface area contributed by atoms with Crippen molar-refractivity contribution in [3.05, 3.63) is 51.8 Å². The van der Waals surface area contributed by atoms with Crippen molar-refractivity contribution in [2.45, 2.75) is 47.0 Å². The number of pyridine rings is 1. The van der Waals surface area contributed by atoms with Gasteiger partial charge in [-0.25, -0.2) is 4.98 Å². The molecule has 3 heterocycles. The molecule has 152 valence electrons. The number of thiophene rings is 1. The van der Waals surface area contributed by atoms with E-state index in [-0.39, 0.29) is 11.3 Å². The van der Waals surface area contributed by atoms with Crippen LogP contribution in [0.1, 0.15) is 64.0 Å². The van der Waals surface area contributed by atoms with Gasteiger partial charge >= 0.3 is 0 Å². The number of anilines is 1. The summed E-state index contributed by atoms with van der Waals surface area (Å²) in [5.41, 5.74) is 9.46. The minimum Gasteiger partial charge on any atom is -0.365 e. The standard InChI is InChI=1S/C22H26N4O2S/c1-12-7-8-26-11-15(24-17(26)9-12)20(28)25-21-18(19(23)27)14-6-5-13(22(2,3)4)10-16(14)29-21/h7-9,11,13H,5-6,10H2,1-4H3,(H2,23,27)(H,25,28). The van der Waals surface area contributed by atoms with Crippen LogP contribution in [0.5, 0.6) is 0 Å². The molecule has 7 heteroatoms. The number of fused-ring (bicyclic) bond motifs is 2. The summed E-state index contributed by atoms with van der Waals surface area (Å²) in [7, 11) is 0. The fourth-order valence-electron chi connectivity index (χ4n) is 4.03. The van der Waals surface area contributed by atoms with E-state index < -0.39 is 5.91 Å². The highest BCUT2D eigenvalue weighted by Gasteiger charge is 2.33. The molecule has 0 saturated carbocycles. The third-order valence-corrected chi connectivity index (χ3v) is 6.98. The van der Waals surface area contributed by atoms with E-state index in [1.54, 1.807) is 6.20 Å². The zero-order valence-electron chi connectivity index (χ0n) is 17.2. The van der Waals surface area contributed by atoms with Crippen LogP contribution in [0.15, 0.2) is 24.5 Å². The van der Waals surface area contributed by atoms with E-state index in [1.807, 2.05) is 29.7 Å². The number of hydrogen-bond acceptors (Lipinski definition) is 4. The summed E-state index contributed by atoms with van der Waals surface area (Å²) in [6.45, 7) is 8.73. The lowest BCUT2D eigenvalue weighted by Gasteiger charge is -2.33. The van der Waals surface area contributed by atoms with Gasteiger partial charge in [0.15, 0.2) is 0 Å². The molecule has 2 amide bonds. The van der Waals surface area contributed by atoms with Crippen LogP contribution in [-0.4, -0.2) is 21.2 Å². The molecular formula is C22H26N4O2S. The van der Waals surface area contributed by atoms with E-state index in [0.717, 1.165) is 35.3 Å². The minimum atomic E-state index is -0.488. The van der Waals surface area contributed by atoms with Crippen LogP contribution in [-0.2, 0) is 12.8 Å². The van der Waals surface area contributed by atoms with Gasteiger partial charge in [0.2, 0.25) is 0 Å². The Hall–Kier alpha value is -2.67. The largest absolute Gasteiger partial charge is 0.365 e. The first-order valence-corrected chi connectivity index (χ1v) is 10.7. The van der Waals surface area contributed by atoms with E-state index in [4.69, 9.17) is 5.73 Å². The fraction of sp³-hybridized carbons (Fsp3) is 0.409. The number of primary amides is 1. The van der Waals surface area contributed by atoms with E-state index in [9.17, 15) is 9.59 Å². The summed E-state index contributed by atoms with van der Waals surface area (Å²) in [5.74, 6) is -0.280. The summed E-state index contributed by atoms with van der Waals surface area (Å²) in [6, 6.07) is 3.88. The van der Waals surface area contributed by atoms with Crippen molar-refractivity contribution in [2.24, 2.45) is 17.1 Å². The quantitative estimate of drug-likeness (QED) is 0.678.